The molecule has 1 unspecified atom stereocenters. The number of hydrogen-bond acceptors (Lipinski definition) is 3. The highest BCUT2D eigenvalue weighted by molar-refractivity contribution is 5.99. The molecule has 1 N–H and O–H groups in total. The van der Waals surface area contributed by atoms with Crippen LogP contribution in [0.1, 0.15) is 50.9 Å². The van der Waals surface area contributed by atoms with Gasteiger partial charge in [0.25, 0.3) is 5.91 Å². The van der Waals surface area contributed by atoms with E-state index in [1.807, 2.05) is 11.9 Å². The van der Waals surface area contributed by atoms with E-state index in [-0.39, 0.29) is 11.9 Å². The minimum atomic E-state index is 0.0548. The summed E-state index contributed by atoms with van der Waals surface area (Å²) in [5.41, 5.74) is 1.52. The zero-order valence-electron chi connectivity index (χ0n) is 13.3. The summed E-state index contributed by atoms with van der Waals surface area (Å²) in [7, 11) is 1.87. The molecule has 1 rings (SSSR count). The molecule has 0 spiro atoms. The van der Waals surface area contributed by atoms with Crippen LogP contribution in [0.4, 0.5) is 5.69 Å². The van der Waals surface area contributed by atoms with Crippen LogP contribution in [0.15, 0.2) is 18.5 Å². The lowest BCUT2D eigenvalue weighted by molar-refractivity contribution is 0.0729. The zero-order chi connectivity index (χ0) is 15.1. The Bertz CT molecular complexity index is 431. The number of nitrogens with zero attached hydrogens (tertiary/aromatic N) is 2. The summed E-state index contributed by atoms with van der Waals surface area (Å²) in [4.78, 5) is 18.5. The molecule has 1 heterocycles. The molecule has 0 aliphatic rings. The van der Waals surface area contributed by atoms with E-state index in [2.05, 4.69) is 38.0 Å². The van der Waals surface area contributed by atoms with Gasteiger partial charge in [0.05, 0.1) is 17.4 Å². The fourth-order valence-electron chi connectivity index (χ4n) is 2.21. The van der Waals surface area contributed by atoms with E-state index in [1.54, 1.807) is 18.5 Å². The Labute approximate surface area is 122 Å². The molecule has 0 aliphatic heterocycles. The van der Waals surface area contributed by atoms with Gasteiger partial charge in [0.15, 0.2) is 0 Å². The smallest absolute Gasteiger partial charge is 0.256 e. The molecule has 0 saturated carbocycles. The number of carbonyl (C=O) groups excluding carboxylic acids is 1. The molecule has 0 fully saturated rings. The van der Waals surface area contributed by atoms with Crippen molar-refractivity contribution in [3.8, 4) is 0 Å². The lowest BCUT2D eigenvalue weighted by Crippen LogP contribution is -2.36. The average Bonchev–Trinajstić information content (AvgIpc) is 2.43. The van der Waals surface area contributed by atoms with Gasteiger partial charge in [-0.05, 0) is 31.7 Å². The lowest BCUT2D eigenvalue weighted by Gasteiger charge is -2.27. The first kappa shape index (κ1) is 16.5. The van der Waals surface area contributed by atoms with Crippen molar-refractivity contribution < 1.29 is 4.79 Å². The van der Waals surface area contributed by atoms with Gasteiger partial charge in [0, 0.05) is 25.8 Å². The minimum absolute atomic E-state index is 0.0548. The highest BCUT2D eigenvalue weighted by Gasteiger charge is 2.20. The molecule has 1 aromatic rings. The van der Waals surface area contributed by atoms with Crippen LogP contribution in [0, 0.1) is 5.92 Å². The van der Waals surface area contributed by atoms with Gasteiger partial charge < -0.3 is 10.2 Å². The van der Waals surface area contributed by atoms with E-state index < -0.39 is 0 Å². The monoisotopic (exact) mass is 277 g/mol. The van der Waals surface area contributed by atoms with Crippen LogP contribution in [-0.4, -0.2) is 35.4 Å². The Morgan fingerprint density at radius 1 is 1.40 bits per heavy atom. The van der Waals surface area contributed by atoms with Gasteiger partial charge in [0.2, 0.25) is 0 Å². The summed E-state index contributed by atoms with van der Waals surface area (Å²) < 4.78 is 0. The molecule has 0 aliphatic carbocycles. The largest absolute Gasteiger partial charge is 0.383 e. The SMILES string of the molecule is CCCNc1cnccc1C(=O)N(C)C(C)CC(C)C. The highest BCUT2D eigenvalue weighted by Crippen LogP contribution is 2.18. The zero-order valence-corrected chi connectivity index (χ0v) is 13.3. The fourth-order valence-corrected chi connectivity index (χ4v) is 2.21. The summed E-state index contributed by atoms with van der Waals surface area (Å²) in [6.45, 7) is 9.39. The quantitative estimate of drug-likeness (QED) is 0.830. The van der Waals surface area contributed by atoms with Crippen molar-refractivity contribution in [2.75, 3.05) is 18.9 Å². The van der Waals surface area contributed by atoms with Crippen molar-refractivity contribution in [2.24, 2.45) is 5.92 Å². The maximum absolute atomic E-state index is 12.6. The Morgan fingerprint density at radius 2 is 2.10 bits per heavy atom. The second-order valence-corrected chi connectivity index (χ2v) is 5.74. The van der Waals surface area contributed by atoms with Crippen LogP contribution in [0.2, 0.25) is 0 Å². The van der Waals surface area contributed by atoms with E-state index in [4.69, 9.17) is 0 Å². The predicted octanol–water partition coefficient (Wildman–Crippen LogP) is 3.41. The number of amides is 1. The minimum Gasteiger partial charge on any atom is -0.383 e. The van der Waals surface area contributed by atoms with Crippen LogP contribution < -0.4 is 5.32 Å². The predicted molar refractivity (Wildman–Crippen MR) is 84.0 cm³/mol. The molecule has 0 saturated heterocycles. The Hall–Kier alpha value is -1.58. The molecule has 1 amide bonds. The summed E-state index contributed by atoms with van der Waals surface area (Å²) in [5, 5.41) is 3.27. The second-order valence-electron chi connectivity index (χ2n) is 5.74. The molecular formula is C16H27N3O. The Balaban J connectivity index is 2.85. The molecule has 1 aromatic heterocycles. The highest BCUT2D eigenvalue weighted by atomic mass is 16.2. The van der Waals surface area contributed by atoms with Crippen molar-refractivity contribution in [3.63, 3.8) is 0 Å². The lowest BCUT2D eigenvalue weighted by atomic mass is 10.0. The van der Waals surface area contributed by atoms with E-state index in [0.717, 1.165) is 25.1 Å². The summed E-state index contributed by atoms with van der Waals surface area (Å²) in [6, 6.07) is 2.02. The average molecular weight is 277 g/mol. The van der Waals surface area contributed by atoms with E-state index >= 15 is 0 Å². The van der Waals surface area contributed by atoms with Crippen LogP contribution in [0.5, 0.6) is 0 Å². The number of nitrogens with one attached hydrogen (secondary N) is 1. The van der Waals surface area contributed by atoms with Gasteiger partial charge in [-0.25, -0.2) is 0 Å². The molecule has 0 bridgehead atoms. The maximum Gasteiger partial charge on any atom is 0.256 e. The Morgan fingerprint density at radius 3 is 2.70 bits per heavy atom. The van der Waals surface area contributed by atoms with Gasteiger partial charge in [-0.15, -0.1) is 0 Å². The van der Waals surface area contributed by atoms with Crippen LogP contribution >= 0.6 is 0 Å². The van der Waals surface area contributed by atoms with Crippen molar-refractivity contribution in [1.82, 2.24) is 9.88 Å². The van der Waals surface area contributed by atoms with E-state index in [9.17, 15) is 4.79 Å². The molecule has 4 nitrogen and oxygen atoms in total. The first-order valence-corrected chi connectivity index (χ1v) is 7.42. The van der Waals surface area contributed by atoms with E-state index in [0.29, 0.717) is 11.5 Å². The normalized spacial score (nSPS) is 12.3. The summed E-state index contributed by atoms with van der Waals surface area (Å²) in [6.07, 6.45) is 5.42. The topological polar surface area (TPSA) is 45.2 Å². The molecule has 20 heavy (non-hydrogen) atoms. The molecular weight excluding hydrogens is 250 g/mol. The number of anilines is 1. The molecule has 4 heteroatoms. The third-order valence-electron chi connectivity index (χ3n) is 3.41. The third kappa shape index (κ3) is 4.51. The van der Waals surface area contributed by atoms with Gasteiger partial charge in [0.1, 0.15) is 0 Å². The number of rotatable bonds is 7. The van der Waals surface area contributed by atoms with Crippen LogP contribution in [0.25, 0.3) is 0 Å². The number of aromatic nitrogens is 1. The van der Waals surface area contributed by atoms with Crippen molar-refractivity contribution in [3.05, 3.63) is 24.0 Å². The van der Waals surface area contributed by atoms with Gasteiger partial charge in [-0.1, -0.05) is 20.8 Å². The third-order valence-corrected chi connectivity index (χ3v) is 3.41. The van der Waals surface area contributed by atoms with Crippen molar-refractivity contribution in [1.29, 1.82) is 0 Å². The molecule has 0 radical (unpaired) electrons. The fraction of sp³-hybridized carbons (Fsp3) is 0.625. The van der Waals surface area contributed by atoms with Crippen molar-refractivity contribution in [2.45, 2.75) is 46.6 Å². The van der Waals surface area contributed by atoms with Crippen LogP contribution in [0.3, 0.4) is 0 Å². The van der Waals surface area contributed by atoms with Crippen molar-refractivity contribution >= 4 is 11.6 Å². The second kappa shape index (κ2) is 7.88. The summed E-state index contributed by atoms with van der Waals surface area (Å²) >= 11 is 0. The van der Waals surface area contributed by atoms with Gasteiger partial charge in [-0.3, -0.25) is 9.78 Å². The molecule has 0 aromatic carbocycles. The van der Waals surface area contributed by atoms with E-state index in [1.165, 1.54) is 0 Å². The maximum atomic E-state index is 12.6. The molecule has 112 valence electrons. The standard InChI is InChI=1S/C16H27N3O/c1-6-8-18-15-11-17-9-7-14(15)16(20)19(5)13(4)10-12(2)3/h7,9,11-13,18H,6,8,10H2,1-5H3. The number of pyridine rings is 1. The van der Waals surface area contributed by atoms with Crippen LogP contribution in [-0.2, 0) is 0 Å². The first-order chi connectivity index (χ1) is 9.47. The van der Waals surface area contributed by atoms with Gasteiger partial charge in [-0.2, -0.15) is 0 Å². The van der Waals surface area contributed by atoms with Gasteiger partial charge >= 0.3 is 0 Å². The number of carbonyl (C=O) groups is 1. The number of hydrogen-bond donors (Lipinski definition) is 1. The summed E-state index contributed by atoms with van der Waals surface area (Å²) in [5.74, 6) is 0.634. The molecule has 1 atom stereocenters. The Kier molecular flexibility index (Phi) is 6.49. The first-order valence-electron chi connectivity index (χ1n) is 7.42.